The molecule has 0 aliphatic heterocycles. The Morgan fingerprint density at radius 1 is 1.10 bits per heavy atom. The standard InChI is InChI=1S/C21H27N3O6S/c1-6-24(7-2)31(28,29)16-10-8-15(9-11-16)22-18(26)12-17-19(21(27)30-5)13(3)20(23-17)14(4)25/h8-11,23H,6-7,12H2,1-5H3,(H,22,26). The van der Waals surface area contributed by atoms with Gasteiger partial charge < -0.3 is 15.0 Å². The lowest BCUT2D eigenvalue weighted by Crippen LogP contribution is -2.30. The summed E-state index contributed by atoms with van der Waals surface area (Å²) in [7, 11) is -2.37. The molecule has 10 heteroatoms. The summed E-state index contributed by atoms with van der Waals surface area (Å²) in [6.07, 6.45) is -0.196. The Labute approximate surface area is 181 Å². The maximum Gasteiger partial charge on any atom is 0.339 e. The highest BCUT2D eigenvalue weighted by molar-refractivity contribution is 7.89. The van der Waals surface area contributed by atoms with Gasteiger partial charge in [-0.2, -0.15) is 4.31 Å². The summed E-state index contributed by atoms with van der Waals surface area (Å²) >= 11 is 0. The molecule has 0 unspecified atom stereocenters. The zero-order valence-corrected chi connectivity index (χ0v) is 19.1. The van der Waals surface area contributed by atoms with E-state index >= 15 is 0 Å². The fraction of sp³-hybridized carbons (Fsp3) is 0.381. The van der Waals surface area contributed by atoms with Crippen LogP contribution in [0, 0.1) is 6.92 Å². The molecule has 1 heterocycles. The molecular formula is C21H27N3O6S. The fourth-order valence-corrected chi connectivity index (χ4v) is 4.77. The van der Waals surface area contributed by atoms with Crippen LogP contribution in [0.15, 0.2) is 29.2 Å². The first-order valence-corrected chi connectivity index (χ1v) is 11.2. The highest BCUT2D eigenvalue weighted by Crippen LogP contribution is 2.22. The summed E-state index contributed by atoms with van der Waals surface area (Å²) in [4.78, 5) is 39.4. The quantitative estimate of drug-likeness (QED) is 0.448. The molecule has 1 amide bonds. The number of hydrogen-bond acceptors (Lipinski definition) is 6. The van der Waals surface area contributed by atoms with Crippen LogP contribution < -0.4 is 5.32 Å². The largest absolute Gasteiger partial charge is 0.465 e. The van der Waals surface area contributed by atoms with Gasteiger partial charge in [-0.3, -0.25) is 9.59 Å². The number of ketones is 1. The first kappa shape index (κ1) is 24.3. The zero-order valence-electron chi connectivity index (χ0n) is 18.2. The van der Waals surface area contributed by atoms with Crippen molar-refractivity contribution in [3.05, 3.63) is 46.8 Å². The molecule has 0 radical (unpaired) electrons. The van der Waals surface area contributed by atoms with Crippen molar-refractivity contribution in [2.75, 3.05) is 25.5 Å². The number of aromatic nitrogens is 1. The smallest absolute Gasteiger partial charge is 0.339 e. The van der Waals surface area contributed by atoms with Gasteiger partial charge in [0.2, 0.25) is 15.9 Å². The molecule has 1 aromatic heterocycles. The molecule has 9 nitrogen and oxygen atoms in total. The number of carbonyl (C=O) groups excluding carboxylic acids is 3. The minimum Gasteiger partial charge on any atom is -0.465 e. The first-order chi connectivity index (χ1) is 14.6. The highest BCUT2D eigenvalue weighted by atomic mass is 32.2. The number of Topliss-reactive ketones (excluding diaryl/α,β-unsaturated/α-hetero) is 1. The first-order valence-electron chi connectivity index (χ1n) is 9.77. The molecule has 1 aromatic carbocycles. The Morgan fingerprint density at radius 2 is 1.68 bits per heavy atom. The molecule has 2 aromatic rings. The maximum absolute atomic E-state index is 12.6. The summed E-state index contributed by atoms with van der Waals surface area (Å²) in [6, 6.07) is 5.85. The molecule has 0 bridgehead atoms. The van der Waals surface area contributed by atoms with Crippen LogP contribution in [0.3, 0.4) is 0 Å². The van der Waals surface area contributed by atoms with Gasteiger partial charge in [0.05, 0.1) is 29.7 Å². The number of carbonyl (C=O) groups is 3. The molecule has 0 aliphatic rings. The van der Waals surface area contributed by atoms with Crippen LogP contribution in [-0.4, -0.2) is 55.6 Å². The van der Waals surface area contributed by atoms with Crippen molar-refractivity contribution in [1.82, 2.24) is 9.29 Å². The number of amides is 1. The van der Waals surface area contributed by atoms with Crippen LogP contribution in [0.25, 0.3) is 0 Å². The Hall–Kier alpha value is -2.98. The average molecular weight is 450 g/mol. The number of nitrogens with one attached hydrogen (secondary N) is 2. The number of ether oxygens (including phenoxy) is 1. The van der Waals surface area contributed by atoms with E-state index in [9.17, 15) is 22.8 Å². The van der Waals surface area contributed by atoms with E-state index in [0.717, 1.165) is 0 Å². The van der Waals surface area contributed by atoms with Crippen LogP contribution in [0.2, 0.25) is 0 Å². The molecule has 2 N–H and O–H groups in total. The highest BCUT2D eigenvalue weighted by Gasteiger charge is 2.25. The topological polar surface area (TPSA) is 126 Å². The van der Waals surface area contributed by atoms with E-state index < -0.39 is 21.9 Å². The number of benzene rings is 1. The molecule has 168 valence electrons. The minimum absolute atomic E-state index is 0.133. The summed E-state index contributed by atoms with van der Waals surface area (Å²) in [5.41, 5.74) is 1.50. The average Bonchev–Trinajstić information content (AvgIpc) is 3.04. The normalized spacial score (nSPS) is 11.4. The molecule has 31 heavy (non-hydrogen) atoms. The second-order valence-electron chi connectivity index (χ2n) is 6.86. The summed E-state index contributed by atoms with van der Waals surface area (Å²) in [6.45, 7) is 7.21. The van der Waals surface area contributed by atoms with E-state index in [4.69, 9.17) is 4.74 Å². The number of rotatable bonds is 9. The van der Waals surface area contributed by atoms with E-state index in [1.807, 2.05) is 0 Å². The van der Waals surface area contributed by atoms with Gasteiger partial charge in [0.25, 0.3) is 0 Å². The summed E-state index contributed by atoms with van der Waals surface area (Å²) in [5, 5.41) is 2.66. The van der Waals surface area contributed by atoms with E-state index in [1.165, 1.54) is 42.6 Å². The summed E-state index contributed by atoms with van der Waals surface area (Å²) < 4.78 is 31.2. The van der Waals surface area contributed by atoms with Gasteiger partial charge in [0, 0.05) is 31.4 Å². The van der Waals surface area contributed by atoms with Crippen molar-refractivity contribution in [2.24, 2.45) is 0 Å². The monoisotopic (exact) mass is 449 g/mol. The molecule has 0 atom stereocenters. The van der Waals surface area contributed by atoms with Crippen LogP contribution in [-0.2, 0) is 26.0 Å². The van der Waals surface area contributed by atoms with Gasteiger partial charge >= 0.3 is 5.97 Å². The molecule has 0 spiro atoms. The van der Waals surface area contributed by atoms with E-state index in [-0.39, 0.29) is 34.1 Å². The number of H-pyrrole nitrogens is 1. The van der Waals surface area contributed by atoms with Crippen molar-refractivity contribution < 1.29 is 27.5 Å². The number of hydrogen-bond donors (Lipinski definition) is 2. The lowest BCUT2D eigenvalue weighted by Gasteiger charge is -2.18. The summed E-state index contributed by atoms with van der Waals surface area (Å²) in [5.74, 6) is -1.35. The van der Waals surface area contributed by atoms with Crippen molar-refractivity contribution in [3.63, 3.8) is 0 Å². The predicted molar refractivity (Wildman–Crippen MR) is 116 cm³/mol. The van der Waals surface area contributed by atoms with Crippen LogP contribution in [0.1, 0.15) is 52.9 Å². The fourth-order valence-electron chi connectivity index (χ4n) is 3.31. The third-order valence-corrected chi connectivity index (χ3v) is 6.95. The number of esters is 1. The van der Waals surface area contributed by atoms with E-state index in [1.54, 1.807) is 20.8 Å². The number of aromatic amines is 1. The van der Waals surface area contributed by atoms with Crippen molar-refractivity contribution in [2.45, 2.75) is 39.0 Å². The maximum atomic E-state index is 12.6. The molecule has 0 saturated heterocycles. The van der Waals surface area contributed by atoms with Crippen molar-refractivity contribution in [3.8, 4) is 0 Å². The van der Waals surface area contributed by atoms with Crippen molar-refractivity contribution in [1.29, 1.82) is 0 Å². The van der Waals surface area contributed by atoms with Gasteiger partial charge in [-0.1, -0.05) is 13.8 Å². The van der Waals surface area contributed by atoms with Gasteiger partial charge in [0.1, 0.15) is 0 Å². The lowest BCUT2D eigenvalue weighted by molar-refractivity contribution is -0.115. The van der Waals surface area contributed by atoms with E-state index in [0.29, 0.717) is 24.3 Å². The Bertz CT molecular complexity index is 1080. The zero-order chi connectivity index (χ0) is 23.3. The number of sulfonamides is 1. The Balaban J connectivity index is 2.21. The number of methoxy groups -OCH3 is 1. The van der Waals surface area contributed by atoms with Gasteiger partial charge in [0.15, 0.2) is 5.78 Å². The van der Waals surface area contributed by atoms with Crippen LogP contribution >= 0.6 is 0 Å². The lowest BCUT2D eigenvalue weighted by atomic mass is 10.1. The van der Waals surface area contributed by atoms with Gasteiger partial charge in [-0.15, -0.1) is 0 Å². The molecule has 0 aliphatic carbocycles. The Morgan fingerprint density at radius 3 is 2.16 bits per heavy atom. The van der Waals surface area contributed by atoms with Crippen molar-refractivity contribution >= 4 is 33.4 Å². The number of nitrogens with zero attached hydrogens (tertiary/aromatic N) is 1. The SMILES string of the molecule is CCN(CC)S(=O)(=O)c1ccc(NC(=O)Cc2[nH]c(C(C)=O)c(C)c2C(=O)OC)cc1. The van der Waals surface area contributed by atoms with Crippen LogP contribution in [0.4, 0.5) is 5.69 Å². The third-order valence-electron chi connectivity index (χ3n) is 4.89. The second kappa shape index (κ2) is 9.88. The second-order valence-corrected chi connectivity index (χ2v) is 8.80. The Kier molecular flexibility index (Phi) is 7.75. The van der Waals surface area contributed by atoms with Crippen LogP contribution in [0.5, 0.6) is 0 Å². The minimum atomic E-state index is -3.59. The molecule has 2 rings (SSSR count). The van der Waals surface area contributed by atoms with Gasteiger partial charge in [-0.25, -0.2) is 13.2 Å². The van der Waals surface area contributed by atoms with E-state index in [2.05, 4.69) is 10.3 Å². The number of anilines is 1. The predicted octanol–water partition coefficient (Wildman–Crippen LogP) is 2.52. The van der Waals surface area contributed by atoms with Gasteiger partial charge in [-0.05, 0) is 36.8 Å². The third kappa shape index (κ3) is 5.20. The molecule has 0 saturated carbocycles. The molecule has 0 fully saturated rings. The molecular weight excluding hydrogens is 422 g/mol.